The van der Waals surface area contributed by atoms with Crippen LogP contribution in [0.4, 0.5) is 0 Å². The molecular weight excluding hydrogens is 144 g/mol. The summed E-state index contributed by atoms with van der Waals surface area (Å²) in [7, 11) is 0. The van der Waals surface area contributed by atoms with Gasteiger partial charge in [-0.05, 0) is 10.8 Å². The molecule has 0 aliphatic rings. The van der Waals surface area contributed by atoms with Gasteiger partial charge in [-0.1, -0.05) is 13.2 Å². The molecule has 0 radical (unpaired) electrons. The van der Waals surface area contributed by atoms with Crippen molar-refractivity contribution in [2.45, 2.75) is 0 Å². The zero-order valence-electron chi connectivity index (χ0n) is 3.96. The van der Waals surface area contributed by atoms with E-state index in [1.807, 2.05) is 0 Å². The average Bonchev–Trinajstić information content (AvgIpc) is 1.39. The summed E-state index contributed by atoms with van der Waals surface area (Å²) in [5.74, 6) is 0. The molecule has 0 atom stereocenters. The Kier molecular flexibility index (Phi) is 69.7. The molecule has 0 fully saturated rings. The largest absolute Gasteiger partial charge is 0.197 e. The van der Waals surface area contributed by atoms with Gasteiger partial charge in [-0.15, -0.1) is 0 Å². The molecule has 0 aromatic carbocycles. The molecule has 44 valence electrons. The fourth-order valence-corrected chi connectivity index (χ4v) is 0. The smallest absolute Gasteiger partial charge is 0.0396 e. The first-order chi connectivity index (χ1) is 2.83. The van der Waals surface area contributed by atoms with Crippen molar-refractivity contribution >= 4 is 38.8 Å². The molecule has 0 bridgehead atoms. The van der Waals surface area contributed by atoms with Crippen LogP contribution in [0, 0.1) is 0 Å². The van der Waals surface area contributed by atoms with E-state index in [4.69, 9.17) is 0 Å². The van der Waals surface area contributed by atoms with Gasteiger partial charge < -0.3 is 0 Å². The van der Waals surface area contributed by atoms with Gasteiger partial charge in [0.25, 0.3) is 0 Å². The van der Waals surface area contributed by atoms with Crippen LogP contribution < -0.4 is 0 Å². The van der Waals surface area contributed by atoms with Crippen molar-refractivity contribution in [2.75, 3.05) is 0 Å². The molecule has 0 unspecified atom stereocenters. The van der Waals surface area contributed by atoms with E-state index in [2.05, 4.69) is 38.4 Å². The Hall–Kier alpha value is 0.530. The summed E-state index contributed by atoms with van der Waals surface area (Å²) < 4.78 is 0. The minimum atomic E-state index is 0. The predicted molar refractivity (Wildman–Crippen MR) is 48.7 cm³/mol. The Morgan fingerprint density at radius 1 is 1.00 bits per heavy atom. The van der Waals surface area contributed by atoms with Crippen LogP contribution in [0.3, 0.4) is 0 Å². The van der Waals surface area contributed by atoms with Crippen LogP contribution in [0.15, 0.2) is 24.0 Å². The third-order valence-corrected chi connectivity index (χ3v) is 0. The van der Waals surface area contributed by atoms with Gasteiger partial charge in [0.05, 0.1) is 0 Å². The third kappa shape index (κ3) is 477. The fraction of sp³-hybridized carbons (Fsp3) is 0. The lowest BCUT2D eigenvalue weighted by molar-refractivity contribution is 2.70. The van der Waals surface area contributed by atoms with Crippen molar-refractivity contribution in [1.82, 2.24) is 0 Å². The van der Waals surface area contributed by atoms with Gasteiger partial charge in [0.1, 0.15) is 0 Å². The van der Waals surface area contributed by atoms with E-state index in [1.54, 1.807) is 0 Å². The maximum absolute atomic E-state index is 3.55. The third-order valence-electron chi connectivity index (χ3n) is 0. The molecule has 0 aliphatic heterocycles. The Balaban J connectivity index is -0.0000000400. The van der Waals surface area contributed by atoms with E-state index in [0.29, 0.717) is 0 Å². The maximum Gasteiger partial charge on any atom is -0.0396 e. The van der Waals surface area contributed by atoms with Gasteiger partial charge in [0.15, 0.2) is 0 Å². The van der Waals surface area contributed by atoms with Crippen LogP contribution in [0.25, 0.3) is 0 Å². The van der Waals surface area contributed by atoms with Gasteiger partial charge in [-0.2, -0.15) is 38.8 Å². The number of rotatable bonds is 0. The molecule has 0 saturated carbocycles. The predicted octanol–water partition coefficient (Wildman–Crippen LogP) is 2.23. The summed E-state index contributed by atoms with van der Waals surface area (Å²) in [4.78, 5) is 0. The second-order valence-electron chi connectivity index (χ2n) is 0.365. The second-order valence-corrected chi connectivity index (χ2v) is 1.10. The van der Waals surface area contributed by atoms with E-state index in [1.165, 1.54) is 10.8 Å². The quantitative estimate of drug-likeness (QED) is 0.491. The lowest BCUT2D eigenvalue weighted by Crippen LogP contribution is -0.935. The highest BCUT2D eigenvalue weighted by molar-refractivity contribution is 7.83. The molecule has 0 aromatic heterocycles. The monoisotopic (exact) mass is 154 g/mol. The normalized spacial score (nSPS) is 3.71. The summed E-state index contributed by atoms with van der Waals surface area (Å²) in [5, 5.41) is 2.89. The minimum absolute atomic E-state index is 0. The molecule has 0 aliphatic carbocycles. The highest BCUT2D eigenvalue weighted by Gasteiger charge is 1.14. The summed E-state index contributed by atoms with van der Waals surface area (Å²) in [5.41, 5.74) is 0. The van der Waals surface area contributed by atoms with Gasteiger partial charge in [-0.3, -0.25) is 0 Å². The zero-order valence-corrected chi connectivity index (χ0v) is 6.75. The molecule has 0 rings (SSSR count). The Morgan fingerprint density at radius 2 is 1.00 bits per heavy atom. The number of thiol groups is 2. The molecule has 0 heterocycles. The van der Waals surface area contributed by atoms with Crippen LogP contribution in [-0.4, -0.2) is 0 Å². The summed E-state index contributed by atoms with van der Waals surface area (Å²) in [6, 6.07) is 0. The highest BCUT2D eigenvalue weighted by atomic mass is 32.1. The highest BCUT2D eigenvalue weighted by Crippen LogP contribution is 1.58. The van der Waals surface area contributed by atoms with Gasteiger partial charge in [-0.25, -0.2) is 0 Å². The van der Waals surface area contributed by atoms with Crippen molar-refractivity contribution in [3.63, 3.8) is 0 Å². The molecule has 7 heavy (non-hydrogen) atoms. The number of hydrogen-bond acceptors (Lipinski definition) is 2. The van der Waals surface area contributed by atoms with Crippen LogP contribution in [-0.2, 0) is 0 Å². The second kappa shape index (κ2) is 31.2. The first-order valence-electron chi connectivity index (χ1n) is 1.33. The van der Waals surface area contributed by atoms with Gasteiger partial charge >= 0.3 is 0 Å². The van der Waals surface area contributed by atoms with Crippen molar-refractivity contribution in [1.29, 1.82) is 0 Å². The van der Waals surface area contributed by atoms with Crippen LogP contribution in [0.1, 0.15) is 0 Å². The van der Waals surface area contributed by atoms with Crippen molar-refractivity contribution in [3.05, 3.63) is 24.0 Å². The molecule has 0 amide bonds. The molecule has 0 saturated heterocycles. The standard InChI is InChI=1S/2C2H4S.H2S/c2*1-2-3;/h2*2-3H,1H2;1H2. The molecule has 3 heteroatoms. The van der Waals surface area contributed by atoms with Crippen LogP contribution >= 0.6 is 38.8 Å². The molecule has 0 aromatic rings. The zero-order chi connectivity index (χ0) is 5.41. The van der Waals surface area contributed by atoms with E-state index >= 15 is 0 Å². The Labute approximate surface area is 63.0 Å². The van der Waals surface area contributed by atoms with Crippen LogP contribution in [0.5, 0.6) is 0 Å². The summed E-state index contributed by atoms with van der Waals surface area (Å²) in [6.45, 7) is 6.45. The van der Waals surface area contributed by atoms with E-state index in [0.717, 1.165) is 0 Å². The van der Waals surface area contributed by atoms with E-state index in [9.17, 15) is 0 Å². The minimum Gasteiger partial charge on any atom is -0.197 e. The molecular formula is C4H10S3. The maximum atomic E-state index is 3.55. The molecule has 0 N–H and O–H groups in total. The summed E-state index contributed by atoms with van der Waals surface area (Å²) >= 11 is 7.10. The van der Waals surface area contributed by atoms with Crippen LogP contribution in [0.2, 0.25) is 0 Å². The van der Waals surface area contributed by atoms with Gasteiger partial charge in [0, 0.05) is 0 Å². The molecule has 0 nitrogen and oxygen atoms in total. The molecule has 0 spiro atoms. The fourth-order valence-electron chi connectivity index (χ4n) is 0. The lowest BCUT2D eigenvalue weighted by atomic mass is 11.3. The topological polar surface area (TPSA) is 0 Å². The lowest BCUT2D eigenvalue weighted by Gasteiger charge is -1.31. The Bertz CT molecular complexity index is 27.9. The van der Waals surface area contributed by atoms with Crippen molar-refractivity contribution in [3.8, 4) is 0 Å². The van der Waals surface area contributed by atoms with E-state index in [-0.39, 0.29) is 13.5 Å². The van der Waals surface area contributed by atoms with E-state index < -0.39 is 0 Å². The van der Waals surface area contributed by atoms with Gasteiger partial charge in [0.2, 0.25) is 0 Å². The Morgan fingerprint density at radius 3 is 1.00 bits per heavy atom. The first-order valence-corrected chi connectivity index (χ1v) is 2.37. The summed E-state index contributed by atoms with van der Waals surface area (Å²) in [6.07, 6.45) is 0. The first kappa shape index (κ1) is 15.6. The van der Waals surface area contributed by atoms with Crippen molar-refractivity contribution < 1.29 is 0 Å². The SMILES string of the molecule is C=CS.C=CS.S. The average molecular weight is 154 g/mol. The van der Waals surface area contributed by atoms with Crippen molar-refractivity contribution in [2.24, 2.45) is 0 Å². The number of hydrogen-bond donors (Lipinski definition) is 2.